The molecule has 0 aromatic rings. The lowest BCUT2D eigenvalue weighted by Gasteiger charge is -2.04. The minimum atomic E-state index is -0.469. The predicted molar refractivity (Wildman–Crippen MR) is 36.9 cm³/mol. The molecule has 0 spiro atoms. The maximum absolute atomic E-state index is 8.76. The van der Waals surface area contributed by atoms with Crippen molar-refractivity contribution in [3.05, 3.63) is 6.92 Å². The number of rotatable bonds is 4. The van der Waals surface area contributed by atoms with Gasteiger partial charge in [-0.25, -0.2) is 0 Å². The highest BCUT2D eigenvalue weighted by molar-refractivity contribution is 4.57. The molecular formula is C7H15O2. The van der Waals surface area contributed by atoms with Crippen LogP contribution in [0.4, 0.5) is 0 Å². The van der Waals surface area contributed by atoms with Gasteiger partial charge in [-0.3, -0.25) is 0 Å². The Labute approximate surface area is 56.5 Å². The molecule has 0 saturated carbocycles. The second-order valence-corrected chi connectivity index (χ2v) is 2.43. The molecule has 2 unspecified atom stereocenters. The Morgan fingerprint density at radius 3 is 2.22 bits per heavy atom. The molecule has 2 N–H and O–H groups in total. The first-order valence-electron chi connectivity index (χ1n) is 3.32. The van der Waals surface area contributed by atoms with Gasteiger partial charge < -0.3 is 10.2 Å². The van der Waals surface area contributed by atoms with Gasteiger partial charge in [0.2, 0.25) is 0 Å². The van der Waals surface area contributed by atoms with Crippen LogP contribution in [0.3, 0.4) is 0 Å². The van der Waals surface area contributed by atoms with E-state index in [9.17, 15) is 0 Å². The summed E-state index contributed by atoms with van der Waals surface area (Å²) in [6, 6.07) is 0. The average Bonchev–Trinajstić information content (AvgIpc) is 1.63. The summed E-state index contributed by atoms with van der Waals surface area (Å²) in [5, 5.41) is 17.4. The predicted octanol–water partition coefficient (Wildman–Crippen LogP) is 0.732. The van der Waals surface area contributed by atoms with Crippen LogP contribution < -0.4 is 0 Å². The van der Waals surface area contributed by atoms with Gasteiger partial charge in [-0.2, -0.15) is 0 Å². The Morgan fingerprint density at radius 2 is 1.89 bits per heavy atom. The molecule has 55 valence electrons. The fourth-order valence-electron chi connectivity index (χ4n) is 0.649. The van der Waals surface area contributed by atoms with Crippen LogP contribution in [0.5, 0.6) is 0 Å². The Kier molecular flexibility index (Phi) is 4.72. The lowest BCUT2D eigenvalue weighted by molar-refractivity contribution is 0.163. The lowest BCUT2D eigenvalue weighted by atomic mass is 10.1. The summed E-state index contributed by atoms with van der Waals surface area (Å²) < 4.78 is 0. The molecule has 0 fully saturated rings. The second kappa shape index (κ2) is 4.77. The fourth-order valence-corrected chi connectivity index (χ4v) is 0.649. The third-order valence-electron chi connectivity index (χ3n) is 1.16. The molecule has 0 aliphatic carbocycles. The van der Waals surface area contributed by atoms with Gasteiger partial charge in [-0.15, -0.1) is 0 Å². The van der Waals surface area contributed by atoms with E-state index >= 15 is 0 Å². The van der Waals surface area contributed by atoms with E-state index in [1.807, 2.05) is 0 Å². The van der Waals surface area contributed by atoms with E-state index < -0.39 is 6.10 Å². The van der Waals surface area contributed by atoms with Gasteiger partial charge >= 0.3 is 0 Å². The standard InChI is InChI=1S/C7H15O2/c1-6(8)4-3-5-7(2)9/h6-9H,1,3-5H2,2H3. The largest absolute Gasteiger partial charge is 0.393 e. The molecule has 0 aliphatic rings. The Bertz CT molecular complexity index is 51.9. The highest BCUT2D eigenvalue weighted by Crippen LogP contribution is 2.02. The molecule has 0 aliphatic heterocycles. The van der Waals surface area contributed by atoms with E-state index in [4.69, 9.17) is 10.2 Å². The first-order valence-corrected chi connectivity index (χ1v) is 3.32. The molecule has 0 aromatic heterocycles. The van der Waals surface area contributed by atoms with Crippen molar-refractivity contribution in [1.29, 1.82) is 0 Å². The summed E-state index contributed by atoms with van der Waals surface area (Å²) in [4.78, 5) is 0. The molecule has 1 radical (unpaired) electrons. The maximum atomic E-state index is 8.76. The number of hydrogen-bond donors (Lipinski definition) is 2. The lowest BCUT2D eigenvalue weighted by Crippen LogP contribution is -2.03. The number of aliphatic hydroxyl groups is 2. The highest BCUT2D eigenvalue weighted by Gasteiger charge is 1.97. The smallest absolute Gasteiger partial charge is 0.0541 e. The summed E-state index contributed by atoms with van der Waals surface area (Å²) in [5.41, 5.74) is 0. The molecule has 0 rings (SSSR count). The zero-order valence-electron chi connectivity index (χ0n) is 5.88. The monoisotopic (exact) mass is 131 g/mol. The van der Waals surface area contributed by atoms with Gasteiger partial charge in [0.05, 0.1) is 12.2 Å². The van der Waals surface area contributed by atoms with E-state index in [1.165, 1.54) is 0 Å². The van der Waals surface area contributed by atoms with Gasteiger partial charge in [0.25, 0.3) is 0 Å². The topological polar surface area (TPSA) is 40.5 Å². The van der Waals surface area contributed by atoms with Gasteiger partial charge in [0, 0.05) is 0 Å². The van der Waals surface area contributed by atoms with Gasteiger partial charge in [-0.05, 0) is 33.1 Å². The minimum Gasteiger partial charge on any atom is -0.393 e. The summed E-state index contributed by atoms with van der Waals surface area (Å²) in [7, 11) is 0. The van der Waals surface area contributed by atoms with Crippen LogP contribution in [0, 0.1) is 6.92 Å². The summed E-state index contributed by atoms with van der Waals surface area (Å²) in [5.74, 6) is 0. The normalized spacial score (nSPS) is 17.3. The summed E-state index contributed by atoms with van der Waals surface area (Å²) >= 11 is 0. The van der Waals surface area contributed by atoms with Crippen molar-refractivity contribution in [3.8, 4) is 0 Å². The molecule has 2 atom stereocenters. The van der Waals surface area contributed by atoms with Crippen molar-refractivity contribution in [1.82, 2.24) is 0 Å². The zero-order valence-corrected chi connectivity index (χ0v) is 5.88. The molecule has 2 heteroatoms. The molecule has 2 nitrogen and oxygen atoms in total. The SMILES string of the molecule is [CH2]C(O)CCCC(C)O. The third-order valence-corrected chi connectivity index (χ3v) is 1.16. The van der Waals surface area contributed by atoms with Crippen molar-refractivity contribution in [2.45, 2.75) is 38.4 Å². The van der Waals surface area contributed by atoms with Crippen LogP contribution in [0.1, 0.15) is 26.2 Å². The quantitative estimate of drug-likeness (QED) is 0.590. The molecule has 0 heterocycles. The summed E-state index contributed by atoms with van der Waals surface area (Å²) in [6.45, 7) is 5.15. The van der Waals surface area contributed by atoms with Crippen molar-refractivity contribution in [2.75, 3.05) is 0 Å². The fraction of sp³-hybridized carbons (Fsp3) is 0.857. The average molecular weight is 131 g/mol. The van der Waals surface area contributed by atoms with E-state index in [-0.39, 0.29) is 6.10 Å². The Hall–Kier alpha value is -0.0800. The summed E-state index contributed by atoms with van der Waals surface area (Å²) in [6.07, 6.45) is 1.58. The van der Waals surface area contributed by atoms with Crippen molar-refractivity contribution < 1.29 is 10.2 Å². The van der Waals surface area contributed by atoms with Crippen LogP contribution in [-0.4, -0.2) is 22.4 Å². The van der Waals surface area contributed by atoms with Gasteiger partial charge in [0.1, 0.15) is 0 Å². The molecule has 0 aromatic carbocycles. The molecule has 0 bridgehead atoms. The van der Waals surface area contributed by atoms with E-state index in [2.05, 4.69) is 6.92 Å². The minimum absolute atomic E-state index is 0.247. The van der Waals surface area contributed by atoms with Crippen LogP contribution >= 0.6 is 0 Å². The van der Waals surface area contributed by atoms with E-state index in [1.54, 1.807) is 6.92 Å². The van der Waals surface area contributed by atoms with Crippen LogP contribution in [0.2, 0.25) is 0 Å². The molecular weight excluding hydrogens is 116 g/mol. The molecule has 0 amide bonds. The van der Waals surface area contributed by atoms with Crippen molar-refractivity contribution >= 4 is 0 Å². The highest BCUT2D eigenvalue weighted by atomic mass is 16.3. The van der Waals surface area contributed by atoms with E-state index in [0.717, 1.165) is 12.8 Å². The molecule has 9 heavy (non-hydrogen) atoms. The first kappa shape index (κ1) is 8.92. The van der Waals surface area contributed by atoms with Gasteiger partial charge in [-0.1, -0.05) is 0 Å². The Morgan fingerprint density at radius 1 is 1.33 bits per heavy atom. The number of hydrogen-bond acceptors (Lipinski definition) is 2. The van der Waals surface area contributed by atoms with Crippen molar-refractivity contribution in [2.24, 2.45) is 0 Å². The molecule has 0 saturated heterocycles. The van der Waals surface area contributed by atoms with E-state index in [0.29, 0.717) is 6.42 Å². The van der Waals surface area contributed by atoms with Crippen LogP contribution in [0.15, 0.2) is 0 Å². The zero-order chi connectivity index (χ0) is 7.28. The Balaban J connectivity index is 2.91. The number of aliphatic hydroxyl groups excluding tert-OH is 2. The van der Waals surface area contributed by atoms with Crippen molar-refractivity contribution in [3.63, 3.8) is 0 Å². The first-order chi connectivity index (χ1) is 4.13. The third kappa shape index (κ3) is 7.92. The van der Waals surface area contributed by atoms with Crippen LogP contribution in [0.25, 0.3) is 0 Å². The second-order valence-electron chi connectivity index (χ2n) is 2.43. The van der Waals surface area contributed by atoms with Gasteiger partial charge in [0.15, 0.2) is 0 Å². The maximum Gasteiger partial charge on any atom is 0.0541 e. The van der Waals surface area contributed by atoms with Crippen LogP contribution in [-0.2, 0) is 0 Å².